The second kappa shape index (κ2) is 2.23. The second-order valence-electron chi connectivity index (χ2n) is 3.34. The third-order valence-corrected chi connectivity index (χ3v) is 1.95. The molecule has 0 spiro atoms. The standard InChI is InChI=1S/C7H14N2O/c1-6(10)9-4-3-7(2,8)5-9/h3-5,8H2,1-2H3/t7-/m1/s1. The molecule has 0 aromatic heterocycles. The lowest BCUT2D eigenvalue weighted by molar-refractivity contribution is -0.127. The van der Waals surface area contributed by atoms with Gasteiger partial charge in [-0.3, -0.25) is 4.79 Å². The Morgan fingerprint density at radius 3 is 2.50 bits per heavy atom. The molecule has 0 radical (unpaired) electrons. The number of amides is 1. The SMILES string of the molecule is CC(=O)N1CC[C@@](C)(N)C1. The molecule has 1 saturated heterocycles. The van der Waals surface area contributed by atoms with E-state index in [0.29, 0.717) is 6.54 Å². The molecule has 0 bridgehead atoms. The molecule has 0 saturated carbocycles. The van der Waals surface area contributed by atoms with Crippen molar-refractivity contribution in [1.29, 1.82) is 0 Å². The molecule has 0 aliphatic carbocycles. The normalized spacial score (nSPS) is 32.9. The highest BCUT2D eigenvalue weighted by molar-refractivity contribution is 5.73. The number of likely N-dealkylation sites (tertiary alicyclic amines) is 1. The first kappa shape index (κ1) is 7.54. The van der Waals surface area contributed by atoms with Crippen LogP contribution in [0.4, 0.5) is 0 Å². The van der Waals surface area contributed by atoms with Crippen LogP contribution in [0.2, 0.25) is 0 Å². The van der Waals surface area contributed by atoms with Gasteiger partial charge in [0.05, 0.1) is 0 Å². The summed E-state index contributed by atoms with van der Waals surface area (Å²) in [5.41, 5.74) is 5.66. The molecule has 1 rings (SSSR count). The fourth-order valence-corrected chi connectivity index (χ4v) is 1.25. The van der Waals surface area contributed by atoms with Crippen LogP contribution < -0.4 is 5.73 Å². The van der Waals surface area contributed by atoms with Crippen LogP contribution in [0.5, 0.6) is 0 Å². The van der Waals surface area contributed by atoms with Gasteiger partial charge in [0.25, 0.3) is 0 Å². The number of hydrogen-bond acceptors (Lipinski definition) is 2. The van der Waals surface area contributed by atoms with Gasteiger partial charge in [0.15, 0.2) is 0 Å². The van der Waals surface area contributed by atoms with E-state index in [0.717, 1.165) is 13.0 Å². The molecule has 0 aromatic carbocycles. The topological polar surface area (TPSA) is 46.3 Å². The highest BCUT2D eigenvalue weighted by Gasteiger charge is 2.30. The molecule has 1 aliphatic heterocycles. The van der Waals surface area contributed by atoms with E-state index in [4.69, 9.17) is 5.73 Å². The molecule has 3 nitrogen and oxygen atoms in total. The summed E-state index contributed by atoms with van der Waals surface area (Å²) in [7, 11) is 0. The van der Waals surface area contributed by atoms with Crippen LogP contribution in [0.15, 0.2) is 0 Å². The van der Waals surface area contributed by atoms with Gasteiger partial charge in [0.1, 0.15) is 0 Å². The zero-order valence-electron chi connectivity index (χ0n) is 6.55. The molecule has 1 heterocycles. The van der Waals surface area contributed by atoms with Gasteiger partial charge in [-0.2, -0.15) is 0 Å². The summed E-state index contributed by atoms with van der Waals surface area (Å²) in [6, 6.07) is 0. The van der Waals surface area contributed by atoms with E-state index < -0.39 is 0 Å². The van der Waals surface area contributed by atoms with Gasteiger partial charge < -0.3 is 10.6 Å². The van der Waals surface area contributed by atoms with Gasteiger partial charge >= 0.3 is 0 Å². The van der Waals surface area contributed by atoms with E-state index in [9.17, 15) is 4.79 Å². The molecule has 3 heteroatoms. The van der Waals surface area contributed by atoms with Crippen molar-refractivity contribution in [3.63, 3.8) is 0 Å². The van der Waals surface area contributed by atoms with Gasteiger partial charge in [-0.1, -0.05) is 0 Å². The third-order valence-electron chi connectivity index (χ3n) is 1.95. The van der Waals surface area contributed by atoms with E-state index in [-0.39, 0.29) is 11.4 Å². The van der Waals surface area contributed by atoms with E-state index >= 15 is 0 Å². The van der Waals surface area contributed by atoms with Crippen LogP contribution in [0.1, 0.15) is 20.3 Å². The summed E-state index contributed by atoms with van der Waals surface area (Å²) < 4.78 is 0. The third kappa shape index (κ3) is 1.48. The maximum Gasteiger partial charge on any atom is 0.219 e. The van der Waals surface area contributed by atoms with Crippen LogP contribution in [0.3, 0.4) is 0 Å². The fraction of sp³-hybridized carbons (Fsp3) is 0.857. The molecule has 58 valence electrons. The molecule has 0 aromatic rings. The Bertz CT molecular complexity index is 154. The first-order chi connectivity index (χ1) is 4.51. The summed E-state index contributed by atoms with van der Waals surface area (Å²) in [6.45, 7) is 5.10. The Hall–Kier alpha value is -0.570. The first-order valence-corrected chi connectivity index (χ1v) is 3.56. The van der Waals surface area contributed by atoms with Crippen LogP contribution >= 0.6 is 0 Å². The Labute approximate surface area is 61.2 Å². The molecule has 1 atom stereocenters. The lowest BCUT2D eigenvalue weighted by Gasteiger charge is -2.18. The summed E-state index contributed by atoms with van der Waals surface area (Å²) in [4.78, 5) is 12.6. The lowest BCUT2D eigenvalue weighted by atomic mass is 10.0. The summed E-state index contributed by atoms with van der Waals surface area (Å²) in [5, 5.41) is 0. The number of nitrogens with two attached hydrogens (primary N) is 1. The highest BCUT2D eigenvalue weighted by Crippen LogP contribution is 2.16. The number of hydrogen-bond donors (Lipinski definition) is 1. The van der Waals surface area contributed by atoms with E-state index in [2.05, 4.69) is 0 Å². The molecular formula is C7H14N2O. The minimum absolute atomic E-state index is 0.133. The molecule has 1 fully saturated rings. The van der Waals surface area contributed by atoms with Gasteiger partial charge in [-0.25, -0.2) is 0 Å². The predicted molar refractivity (Wildman–Crippen MR) is 39.5 cm³/mol. The van der Waals surface area contributed by atoms with Crippen molar-refractivity contribution in [3.05, 3.63) is 0 Å². The quantitative estimate of drug-likeness (QED) is 0.515. The van der Waals surface area contributed by atoms with E-state index in [1.54, 1.807) is 11.8 Å². The van der Waals surface area contributed by atoms with Gasteiger partial charge in [0.2, 0.25) is 5.91 Å². The average molecular weight is 142 g/mol. The minimum Gasteiger partial charge on any atom is -0.341 e. The number of nitrogens with zero attached hydrogens (tertiary/aromatic N) is 1. The molecule has 1 aliphatic rings. The van der Waals surface area contributed by atoms with E-state index in [1.807, 2.05) is 6.92 Å². The molecular weight excluding hydrogens is 128 g/mol. The summed E-state index contributed by atoms with van der Waals surface area (Å²) in [6.07, 6.45) is 0.923. The maximum atomic E-state index is 10.8. The largest absolute Gasteiger partial charge is 0.341 e. The summed E-state index contributed by atoms with van der Waals surface area (Å²) >= 11 is 0. The summed E-state index contributed by atoms with van der Waals surface area (Å²) in [5.74, 6) is 0.133. The minimum atomic E-state index is -0.147. The number of carbonyl (C=O) groups is 1. The molecule has 2 N–H and O–H groups in total. The van der Waals surface area contributed by atoms with Crippen molar-refractivity contribution in [2.75, 3.05) is 13.1 Å². The van der Waals surface area contributed by atoms with Crippen molar-refractivity contribution < 1.29 is 4.79 Å². The lowest BCUT2D eigenvalue weighted by Crippen LogP contribution is -2.40. The Morgan fingerprint density at radius 2 is 2.30 bits per heavy atom. The number of rotatable bonds is 0. The average Bonchev–Trinajstić information content (AvgIpc) is 2.10. The fourth-order valence-electron chi connectivity index (χ4n) is 1.25. The van der Waals surface area contributed by atoms with Gasteiger partial charge in [-0.05, 0) is 13.3 Å². The van der Waals surface area contributed by atoms with Crippen molar-refractivity contribution >= 4 is 5.91 Å². The second-order valence-corrected chi connectivity index (χ2v) is 3.34. The molecule has 10 heavy (non-hydrogen) atoms. The molecule has 1 amide bonds. The van der Waals surface area contributed by atoms with Crippen molar-refractivity contribution in [3.8, 4) is 0 Å². The van der Waals surface area contributed by atoms with E-state index in [1.165, 1.54) is 0 Å². The Kier molecular flexibility index (Phi) is 1.68. The van der Waals surface area contributed by atoms with Crippen LogP contribution in [0.25, 0.3) is 0 Å². The maximum absolute atomic E-state index is 10.8. The van der Waals surface area contributed by atoms with Crippen molar-refractivity contribution in [1.82, 2.24) is 4.90 Å². The predicted octanol–water partition coefficient (Wildman–Crippen LogP) is -0.0440. The van der Waals surface area contributed by atoms with Crippen LogP contribution in [-0.4, -0.2) is 29.4 Å². The smallest absolute Gasteiger partial charge is 0.219 e. The van der Waals surface area contributed by atoms with Gasteiger partial charge in [-0.15, -0.1) is 0 Å². The zero-order chi connectivity index (χ0) is 7.78. The monoisotopic (exact) mass is 142 g/mol. The van der Waals surface area contributed by atoms with Crippen LogP contribution in [-0.2, 0) is 4.79 Å². The molecule has 0 unspecified atom stereocenters. The first-order valence-electron chi connectivity index (χ1n) is 3.56. The van der Waals surface area contributed by atoms with Gasteiger partial charge in [0, 0.05) is 25.6 Å². The van der Waals surface area contributed by atoms with Crippen molar-refractivity contribution in [2.24, 2.45) is 5.73 Å². The zero-order valence-corrected chi connectivity index (χ0v) is 6.55. The highest BCUT2D eigenvalue weighted by atomic mass is 16.2. The Morgan fingerprint density at radius 1 is 1.70 bits per heavy atom. The Balaban J connectivity index is 2.51. The number of carbonyl (C=O) groups excluding carboxylic acids is 1. The van der Waals surface area contributed by atoms with Crippen molar-refractivity contribution in [2.45, 2.75) is 25.8 Å². The van der Waals surface area contributed by atoms with Crippen LogP contribution in [0, 0.1) is 0 Å².